The van der Waals surface area contributed by atoms with Crippen LogP contribution in [0.1, 0.15) is 39.5 Å². The molecule has 3 N–H and O–H groups in total. The smallest absolute Gasteiger partial charge is 0.131 e. The second-order valence-corrected chi connectivity index (χ2v) is 6.60. The van der Waals surface area contributed by atoms with Gasteiger partial charge in [0.25, 0.3) is 0 Å². The van der Waals surface area contributed by atoms with E-state index in [0.29, 0.717) is 12.6 Å². The molecule has 0 saturated carbocycles. The number of pyridine rings is 1. The van der Waals surface area contributed by atoms with E-state index in [4.69, 9.17) is 5.73 Å². The van der Waals surface area contributed by atoms with E-state index in [1.165, 1.54) is 16.8 Å². The summed E-state index contributed by atoms with van der Waals surface area (Å²) in [6.45, 7) is 13.1. The number of nitrogens with one attached hydrogen (secondary N) is 1. The van der Waals surface area contributed by atoms with Crippen LogP contribution in [0.25, 0.3) is 0 Å². The maximum Gasteiger partial charge on any atom is 0.131 e. The zero-order chi connectivity index (χ0) is 18.2. The Morgan fingerprint density at radius 2 is 2.24 bits per heavy atom. The number of nitrogens with two attached hydrogens (primary N) is 1. The molecule has 0 fully saturated rings. The van der Waals surface area contributed by atoms with Crippen molar-refractivity contribution in [1.82, 2.24) is 9.88 Å². The summed E-state index contributed by atoms with van der Waals surface area (Å²) in [6, 6.07) is 6.18. The summed E-state index contributed by atoms with van der Waals surface area (Å²) in [4.78, 5) is 6.62. The fourth-order valence-corrected chi connectivity index (χ4v) is 3.20. The fraction of sp³-hybridized carbons (Fsp3) is 0.381. The highest BCUT2D eigenvalue weighted by Crippen LogP contribution is 2.32. The van der Waals surface area contributed by atoms with Crippen LogP contribution in [0.4, 0.5) is 5.82 Å². The van der Waals surface area contributed by atoms with Crippen LogP contribution in [0.5, 0.6) is 0 Å². The van der Waals surface area contributed by atoms with Gasteiger partial charge < -0.3 is 16.0 Å². The summed E-state index contributed by atoms with van der Waals surface area (Å²) in [5.74, 6) is 1.65. The van der Waals surface area contributed by atoms with Crippen LogP contribution in [0.2, 0.25) is 0 Å². The topological polar surface area (TPSA) is 54.2 Å². The molecule has 0 amide bonds. The van der Waals surface area contributed by atoms with Gasteiger partial charge in [-0.1, -0.05) is 36.9 Å². The van der Waals surface area contributed by atoms with Crippen molar-refractivity contribution in [2.75, 3.05) is 11.9 Å². The van der Waals surface area contributed by atoms with Gasteiger partial charge in [-0.25, -0.2) is 4.98 Å². The van der Waals surface area contributed by atoms with E-state index in [1.54, 1.807) is 6.20 Å². The van der Waals surface area contributed by atoms with Crippen molar-refractivity contribution < 1.29 is 0 Å². The van der Waals surface area contributed by atoms with Crippen LogP contribution < -0.4 is 11.1 Å². The Labute approximate surface area is 151 Å². The molecule has 0 aliphatic carbocycles. The normalized spacial score (nSPS) is 17.9. The SMILES string of the molecule is C=C(C)C/C=C\C1=C(C)N(C(=C)Nc2ccccn2)[C@@H](CCN)CC1. The number of hydrogen-bond acceptors (Lipinski definition) is 4. The van der Waals surface area contributed by atoms with Crippen molar-refractivity contribution in [3.63, 3.8) is 0 Å². The summed E-state index contributed by atoms with van der Waals surface area (Å²) in [7, 11) is 0. The lowest BCUT2D eigenvalue weighted by molar-refractivity contribution is 0.267. The molecule has 1 aromatic heterocycles. The first-order valence-electron chi connectivity index (χ1n) is 8.90. The second kappa shape index (κ2) is 9.23. The number of anilines is 1. The van der Waals surface area contributed by atoms with Gasteiger partial charge in [-0.2, -0.15) is 0 Å². The number of rotatable bonds is 8. The Morgan fingerprint density at radius 3 is 2.88 bits per heavy atom. The van der Waals surface area contributed by atoms with Gasteiger partial charge in [0.15, 0.2) is 0 Å². The lowest BCUT2D eigenvalue weighted by Crippen LogP contribution is -2.40. The van der Waals surface area contributed by atoms with Gasteiger partial charge in [0.1, 0.15) is 11.6 Å². The third-order valence-electron chi connectivity index (χ3n) is 4.45. The largest absolute Gasteiger partial charge is 0.330 e. The highest BCUT2D eigenvalue weighted by molar-refractivity contribution is 5.41. The van der Waals surface area contributed by atoms with Crippen molar-refractivity contribution in [2.24, 2.45) is 5.73 Å². The van der Waals surface area contributed by atoms with Gasteiger partial charge in [-0.3, -0.25) is 0 Å². The Kier molecular flexibility index (Phi) is 7.02. The molecule has 1 aliphatic heterocycles. The molecule has 4 nitrogen and oxygen atoms in total. The number of nitrogens with zero attached hydrogens (tertiary/aromatic N) is 2. The van der Waals surface area contributed by atoms with Crippen molar-refractivity contribution in [3.05, 3.63) is 72.4 Å². The third kappa shape index (κ3) is 5.33. The molecule has 2 heterocycles. The van der Waals surface area contributed by atoms with E-state index < -0.39 is 0 Å². The molecule has 0 bridgehead atoms. The first kappa shape index (κ1) is 19.0. The summed E-state index contributed by atoms with van der Waals surface area (Å²) in [6.07, 6.45) is 10.2. The molecular formula is C21H30N4. The molecule has 0 saturated heterocycles. The first-order valence-corrected chi connectivity index (χ1v) is 8.90. The quantitative estimate of drug-likeness (QED) is 0.682. The van der Waals surface area contributed by atoms with E-state index >= 15 is 0 Å². The van der Waals surface area contributed by atoms with E-state index in [0.717, 1.165) is 37.3 Å². The summed E-state index contributed by atoms with van der Waals surface area (Å²) in [5, 5.41) is 3.33. The zero-order valence-electron chi connectivity index (χ0n) is 15.5. The van der Waals surface area contributed by atoms with Crippen molar-refractivity contribution in [2.45, 2.75) is 45.6 Å². The minimum atomic E-state index is 0.368. The van der Waals surface area contributed by atoms with E-state index in [1.807, 2.05) is 18.2 Å². The van der Waals surface area contributed by atoms with E-state index in [9.17, 15) is 0 Å². The molecule has 134 valence electrons. The highest BCUT2D eigenvalue weighted by Gasteiger charge is 2.26. The first-order chi connectivity index (χ1) is 12.0. The van der Waals surface area contributed by atoms with Crippen molar-refractivity contribution in [1.29, 1.82) is 0 Å². The van der Waals surface area contributed by atoms with Gasteiger partial charge in [0, 0.05) is 17.9 Å². The predicted molar refractivity (Wildman–Crippen MR) is 107 cm³/mol. The fourth-order valence-electron chi connectivity index (χ4n) is 3.20. The van der Waals surface area contributed by atoms with Crippen LogP contribution in [-0.2, 0) is 0 Å². The lowest BCUT2D eigenvalue weighted by Gasteiger charge is -2.40. The maximum atomic E-state index is 5.84. The van der Waals surface area contributed by atoms with Crippen molar-refractivity contribution >= 4 is 5.82 Å². The Bertz CT molecular complexity index is 658. The van der Waals surface area contributed by atoms with Crippen LogP contribution >= 0.6 is 0 Å². The summed E-state index contributed by atoms with van der Waals surface area (Å²) < 4.78 is 0. The molecule has 0 unspecified atom stereocenters. The van der Waals surface area contributed by atoms with Crippen LogP contribution in [0.15, 0.2) is 72.4 Å². The molecule has 4 heteroatoms. The Balaban J connectivity index is 2.22. The zero-order valence-corrected chi connectivity index (χ0v) is 15.5. The monoisotopic (exact) mass is 338 g/mol. The predicted octanol–water partition coefficient (Wildman–Crippen LogP) is 4.57. The van der Waals surface area contributed by atoms with Crippen LogP contribution in [0.3, 0.4) is 0 Å². The number of hydrogen-bond donors (Lipinski definition) is 2. The summed E-state index contributed by atoms with van der Waals surface area (Å²) >= 11 is 0. The molecule has 1 aromatic rings. The number of allylic oxidation sites excluding steroid dienone is 5. The third-order valence-corrected chi connectivity index (χ3v) is 4.45. The molecule has 25 heavy (non-hydrogen) atoms. The molecule has 2 rings (SSSR count). The average Bonchev–Trinajstić information content (AvgIpc) is 2.57. The van der Waals surface area contributed by atoms with Gasteiger partial charge in [-0.05, 0) is 63.8 Å². The summed E-state index contributed by atoms with van der Waals surface area (Å²) in [5.41, 5.74) is 9.59. The Hall–Kier alpha value is -2.33. The standard InChI is InChI=1S/C21H30N4/c1-16(2)8-7-9-19-11-12-20(13-14-22)25(17(19)3)18(4)24-21-10-5-6-15-23-21/h5-7,9-10,15,20H,1,4,8,11-14,22H2,2-3H3,(H,23,24)/b9-7-/t20-/m1/s1. The molecule has 0 spiro atoms. The average molecular weight is 338 g/mol. The molecular weight excluding hydrogens is 308 g/mol. The van der Waals surface area contributed by atoms with Crippen LogP contribution in [0, 0.1) is 0 Å². The molecule has 1 atom stereocenters. The lowest BCUT2D eigenvalue weighted by atomic mass is 9.93. The minimum absolute atomic E-state index is 0.368. The van der Waals surface area contributed by atoms with Crippen LogP contribution in [-0.4, -0.2) is 22.5 Å². The van der Waals surface area contributed by atoms with Crippen molar-refractivity contribution in [3.8, 4) is 0 Å². The second-order valence-electron chi connectivity index (χ2n) is 6.60. The highest BCUT2D eigenvalue weighted by atomic mass is 15.3. The Morgan fingerprint density at radius 1 is 1.44 bits per heavy atom. The maximum absolute atomic E-state index is 5.84. The van der Waals surface area contributed by atoms with Gasteiger partial charge >= 0.3 is 0 Å². The van der Waals surface area contributed by atoms with E-state index in [2.05, 4.69) is 54.4 Å². The molecule has 0 aromatic carbocycles. The van der Waals surface area contributed by atoms with Gasteiger partial charge in [0.05, 0.1) is 0 Å². The minimum Gasteiger partial charge on any atom is -0.330 e. The molecule has 0 radical (unpaired) electrons. The van der Waals surface area contributed by atoms with E-state index in [-0.39, 0.29) is 0 Å². The van der Waals surface area contributed by atoms with Gasteiger partial charge in [-0.15, -0.1) is 0 Å². The molecule has 1 aliphatic rings. The van der Waals surface area contributed by atoms with Gasteiger partial charge in [0.2, 0.25) is 0 Å². The number of aromatic nitrogens is 1.